The molecule has 2 unspecified atom stereocenters. The monoisotopic (exact) mass is 263 g/mol. The third-order valence-electron chi connectivity index (χ3n) is 4.05. The Morgan fingerprint density at radius 1 is 1.42 bits per heavy atom. The van der Waals surface area contributed by atoms with E-state index in [-0.39, 0.29) is 12.0 Å². The predicted molar refractivity (Wildman–Crippen MR) is 73.5 cm³/mol. The van der Waals surface area contributed by atoms with Gasteiger partial charge in [0, 0.05) is 12.6 Å². The van der Waals surface area contributed by atoms with Crippen molar-refractivity contribution in [2.24, 2.45) is 5.92 Å². The molecule has 1 fully saturated rings. The summed E-state index contributed by atoms with van der Waals surface area (Å²) in [6.07, 6.45) is 1.71. The molecule has 1 aliphatic rings. The number of methoxy groups -OCH3 is 1. The number of ether oxygens (including phenoxy) is 1. The quantitative estimate of drug-likeness (QED) is 0.883. The molecule has 4 nitrogen and oxygen atoms in total. The van der Waals surface area contributed by atoms with E-state index in [0.717, 1.165) is 31.7 Å². The fourth-order valence-electron chi connectivity index (χ4n) is 2.71. The van der Waals surface area contributed by atoms with Gasteiger partial charge in [-0.15, -0.1) is 0 Å². The average molecular weight is 263 g/mol. The number of benzene rings is 1. The van der Waals surface area contributed by atoms with Crippen LogP contribution in [0.4, 0.5) is 0 Å². The molecule has 1 heterocycles. The number of nitrogens with zero attached hydrogens (tertiary/aromatic N) is 1. The highest BCUT2D eigenvalue weighted by Crippen LogP contribution is 2.24. The van der Waals surface area contributed by atoms with Gasteiger partial charge in [0.25, 0.3) is 0 Å². The molecule has 0 aromatic heterocycles. The van der Waals surface area contributed by atoms with Crippen LogP contribution in [0.3, 0.4) is 0 Å². The second-order valence-electron chi connectivity index (χ2n) is 5.11. The first-order valence-electron chi connectivity index (χ1n) is 6.71. The zero-order valence-corrected chi connectivity index (χ0v) is 11.5. The Morgan fingerprint density at radius 2 is 2.11 bits per heavy atom. The predicted octanol–water partition coefficient (Wildman–Crippen LogP) is 2.03. The average Bonchev–Trinajstić information content (AvgIpc) is 2.78. The van der Waals surface area contributed by atoms with Crippen molar-refractivity contribution in [1.29, 1.82) is 0 Å². The number of carboxylic acid groups (broad SMARTS) is 1. The lowest BCUT2D eigenvalue weighted by Gasteiger charge is -2.22. The molecule has 0 amide bonds. The van der Waals surface area contributed by atoms with Crippen LogP contribution in [-0.2, 0) is 11.2 Å². The molecule has 0 radical (unpaired) electrons. The van der Waals surface area contributed by atoms with E-state index in [2.05, 4.69) is 17.0 Å². The smallest absolute Gasteiger partial charge is 0.308 e. The van der Waals surface area contributed by atoms with Crippen molar-refractivity contribution in [3.63, 3.8) is 0 Å². The zero-order chi connectivity index (χ0) is 13.8. The van der Waals surface area contributed by atoms with Gasteiger partial charge in [0.2, 0.25) is 0 Å². The molecule has 0 spiro atoms. The minimum Gasteiger partial charge on any atom is -0.497 e. The molecule has 104 valence electrons. The van der Waals surface area contributed by atoms with E-state index >= 15 is 0 Å². The summed E-state index contributed by atoms with van der Waals surface area (Å²) in [4.78, 5) is 13.3. The van der Waals surface area contributed by atoms with Gasteiger partial charge in [0.1, 0.15) is 5.75 Å². The maximum atomic E-state index is 11.1. The number of carbonyl (C=O) groups is 1. The highest BCUT2D eigenvalue weighted by molar-refractivity contribution is 5.71. The van der Waals surface area contributed by atoms with Crippen LogP contribution in [-0.4, -0.2) is 42.2 Å². The Hall–Kier alpha value is -1.55. The van der Waals surface area contributed by atoms with Crippen LogP contribution in [0, 0.1) is 5.92 Å². The van der Waals surface area contributed by atoms with Gasteiger partial charge in [-0.1, -0.05) is 12.1 Å². The minimum atomic E-state index is -0.667. The molecule has 0 aliphatic carbocycles. The number of carboxylic acids is 1. The molecule has 2 atom stereocenters. The Labute approximate surface area is 114 Å². The summed E-state index contributed by atoms with van der Waals surface area (Å²) in [5, 5.41) is 9.10. The van der Waals surface area contributed by atoms with Crippen molar-refractivity contribution in [2.75, 3.05) is 20.2 Å². The summed E-state index contributed by atoms with van der Waals surface area (Å²) in [5.74, 6) is -0.0143. The van der Waals surface area contributed by atoms with Crippen LogP contribution in [0.5, 0.6) is 5.75 Å². The lowest BCUT2D eigenvalue weighted by Crippen LogP contribution is -2.34. The summed E-state index contributed by atoms with van der Waals surface area (Å²) in [7, 11) is 1.66. The lowest BCUT2D eigenvalue weighted by molar-refractivity contribution is -0.142. The van der Waals surface area contributed by atoms with Crippen molar-refractivity contribution in [3.05, 3.63) is 29.8 Å². The molecule has 0 saturated carbocycles. The molecule has 4 heteroatoms. The zero-order valence-electron chi connectivity index (χ0n) is 11.5. The molecule has 0 bridgehead atoms. The van der Waals surface area contributed by atoms with Crippen LogP contribution in [0.1, 0.15) is 18.9 Å². The molecule has 19 heavy (non-hydrogen) atoms. The molecule has 1 aromatic rings. The summed E-state index contributed by atoms with van der Waals surface area (Å²) >= 11 is 0. The minimum absolute atomic E-state index is 0.135. The Morgan fingerprint density at radius 3 is 2.63 bits per heavy atom. The SMILES string of the molecule is COc1ccc(CCN2CCC(C(=O)O)C2C)cc1. The van der Waals surface area contributed by atoms with Crippen molar-refractivity contribution >= 4 is 5.97 Å². The molecule has 1 saturated heterocycles. The van der Waals surface area contributed by atoms with Crippen molar-refractivity contribution in [3.8, 4) is 5.75 Å². The van der Waals surface area contributed by atoms with Gasteiger partial charge in [-0.2, -0.15) is 0 Å². The molecule has 1 N–H and O–H groups in total. The van der Waals surface area contributed by atoms with E-state index in [0.29, 0.717) is 0 Å². The van der Waals surface area contributed by atoms with Gasteiger partial charge in [0.15, 0.2) is 0 Å². The number of aliphatic carboxylic acids is 1. The van der Waals surface area contributed by atoms with E-state index in [9.17, 15) is 4.79 Å². The standard InChI is InChI=1S/C15H21NO3/c1-11-14(15(17)18)8-10-16(11)9-7-12-3-5-13(19-2)6-4-12/h3-6,11,14H,7-10H2,1-2H3,(H,17,18). The maximum absolute atomic E-state index is 11.1. The number of rotatable bonds is 5. The fourth-order valence-corrected chi connectivity index (χ4v) is 2.71. The van der Waals surface area contributed by atoms with Crippen LogP contribution >= 0.6 is 0 Å². The summed E-state index contributed by atoms with van der Waals surface area (Å²) in [5.41, 5.74) is 1.26. The van der Waals surface area contributed by atoms with Crippen LogP contribution in [0.15, 0.2) is 24.3 Å². The van der Waals surface area contributed by atoms with Crippen molar-refractivity contribution in [2.45, 2.75) is 25.8 Å². The van der Waals surface area contributed by atoms with Gasteiger partial charge < -0.3 is 9.84 Å². The van der Waals surface area contributed by atoms with Gasteiger partial charge in [0.05, 0.1) is 13.0 Å². The van der Waals surface area contributed by atoms with E-state index < -0.39 is 5.97 Å². The highest BCUT2D eigenvalue weighted by atomic mass is 16.5. The molecule has 1 aromatic carbocycles. The van der Waals surface area contributed by atoms with E-state index in [1.54, 1.807) is 7.11 Å². The summed E-state index contributed by atoms with van der Waals surface area (Å²) in [6.45, 7) is 3.81. The number of hydrogen-bond acceptors (Lipinski definition) is 3. The van der Waals surface area contributed by atoms with Gasteiger partial charge in [-0.05, 0) is 44.0 Å². The summed E-state index contributed by atoms with van der Waals surface area (Å²) < 4.78 is 5.13. The Balaban J connectivity index is 1.87. The lowest BCUT2D eigenvalue weighted by atomic mass is 10.0. The third-order valence-corrected chi connectivity index (χ3v) is 4.05. The topological polar surface area (TPSA) is 49.8 Å². The second-order valence-corrected chi connectivity index (χ2v) is 5.11. The fraction of sp³-hybridized carbons (Fsp3) is 0.533. The molecular weight excluding hydrogens is 242 g/mol. The molecule has 2 rings (SSSR count). The van der Waals surface area contributed by atoms with E-state index in [1.165, 1.54) is 5.56 Å². The van der Waals surface area contributed by atoms with Gasteiger partial charge >= 0.3 is 5.97 Å². The Bertz CT molecular complexity index is 430. The first-order valence-corrected chi connectivity index (χ1v) is 6.71. The van der Waals surface area contributed by atoms with Crippen LogP contribution in [0.2, 0.25) is 0 Å². The second kappa shape index (κ2) is 6.06. The van der Waals surface area contributed by atoms with E-state index in [4.69, 9.17) is 9.84 Å². The molecule has 1 aliphatic heterocycles. The first kappa shape index (κ1) is 13.9. The number of likely N-dealkylation sites (tertiary alicyclic amines) is 1. The third kappa shape index (κ3) is 3.26. The van der Waals surface area contributed by atoms with Crippen LogP contribution in [0.25, 0.3) is 0 Å². The first-order chi connectivity index (χ1) is 9.11. The van der Waals surface area contributed by atoms with Crippen LogP contribution < -0.4 is 4.74 Å². The normalized spacial score (nSPS) is 23.5. The van der Waals surface area contributed by atoms with E-state index in [1.807, 2.05) is 19.1 Å². The number of hydrogen-bond donors (Lipinski definition) is 1. The molecular formula is C15H21NO3. The van der Waals surface area contributed by atoms with Crippen molar-refractivity contribution < 1.29 is 14.6 Å². The van der Waals surface area contributed by atoms with Crippen molar-refractivity contribution in [1.82, 2.24) is 4.90 Å². The van der Waals surface area contributed by atoms with Gasteiger partial charge in [-0.3, -0.25) is 9.69 Å². The highest BCUT2D eigenvalue weighted by Gasteiger charge is 2.34. The van der Waals surface area contributed by atoms with Gasteiger partial charge in [-0.25, -0.2) is 0 Å². The largest absolute Gasteiger partial charge is 0.497 e. The Kier molecular flexibility index (Phi) is 4.43. The summed E-state index contributed by atoms with van der Waals surface area (Å²) in [6, 6.07) is 8.18. The maximum Gasteiger partial charge on any atom is 0.308 e.